The fraction of sp³-hybridized carbons (Fsp3) is 0.545. The molecule has 1 aromatic rings. The summed E-state index contributed by atoms with van der Waals surface area (Å²) >= 11 is 0. The Morgan fingerprint density at radius 2 is 2.06 bits per heavy atom. The lowest BCUT2D eigenvalue weighted by Gasteiger charge is -2.40. The molecule has 3 nitrogen and oxygen atoms in total. The summed E-state index contributed by atoms with van der Waals surface area (Å²) in [6.07, 6.45) is -2.47. The summed E-state index contributed by atoms with van der Waals surface area (Å²) in [6, 6.07) is 3.21. The van der Waals surface area contributed by atoms with Crippen LogP contribution in [-0.2, 0) is 13.6 Å². The van der Waals surface area contributed by atoms with Gasteiger partial charge in [0.05, 0.1) is 5.92 Å². The molecule has 1 saturated heterocycles. The standard InChI is InChI=1S/C11H13F3N2O/c1-15-3-2-8(4-10(15)17)5-16-6-9(7-16)11(12,13)14/h2-4,9H,5-7H2,1H3. The van der Waals surface area contributed by atoms with Crippen molar-refractivity contribution in [3.05, 3.63) is 34.2 Å². The van der Waals surface area contributed by atoms with Crippen molar-refractivity contribution in [2.24, 2.45) is 13.0 Å². The number of rotatable bonds is 2. The van der Waals surface area contributed by atoms with Gasteiger partial charge in [0.1, 0.15) is 0 Å². The maximum atomic E-state index is 12.2. The SMILES string of the molecule is Cn1ccc(CN2CC(C(F)(F)F)C2)cc1=O. The van der Waals surface area contributed by atoms with Crippen LogP contribution in [0.4, 0.5) is 13.2 Å². The van der Waals surface area contributed by atoms with Gasteiger partial charge in [-0.25, -0.2) is 0 Å². The summed E-state index contributed by atoms with van der Waals surface area (Å²) < 4.78 is 38.2. The number of likely N-dealkylation sites (tertiary alicyclic amines) is 1. The first-order valence-corrected chi connectivity index (χ1v) is 5.31. The molecular weight excluding hydrogens is 233 g/mol. The molecule has 0 unspecified atom stereocenters. The van der Waals surface area contributed by atoms with E-state index in [1.54, 1.807) is 24.2 Å². The van der Waals surface area contributed by atoms with Crippen molar-refractivity contribution >= 4 is 0 Å². The van der Waals surface area contributed by atoms with Crippen LogP contribution in [0.2, 0.25) is 0 Å². The number of aromatic nitrogens is 1. The average molecular weight is 246 g/mol. The Morgan fingerprint density at radius 1 is 1.41 bits per heavy atom. The van der Waals surface area contributed by atoms with Gasteiger partial charge in [0.15, 0.2) is 0 Å². The summed E-state index contributed by atoms with van der Waals surface area (Å²) in [4.78, 5) is 13.0. The minimum absolute atomic E-state index is 0.0265. The zero-order valence-electron chi connectivity index (χ0n) is 9.37. The molecule has 1 aromatic heterocycles. The van der Waals surface area contributed by atoms with Gasteiger partial charge in [-0.2, -0.15) is 13.2 Å². The fourth-order valence-corrected chi connectivity index (χ4v) is 1.85. The molecule has 1 aliphatic rings. The van der Waals surface area contributed by atoms with Crippen LogP contribution in [-0.4, -0.2) is 28.7 Å². The third kappa shape index (κ3) is 2.69. The highest BCUT2D eigenvalue weighted by Crippen LogP contribution is 2.33. The molecular formula is C11H13F3N2O. The Hall–Kier alpha value is -1.30. The molecule has 17 heavy (non-hydrogen) atoms. The van der Waals surface area contributed by atoms with Crippen LogP contribution in [0.1, 0.15) is 5.56 Å². The lowest BCUT2D eigenvalue weighted by Crippen LogP contribution is -2.52. The lowest BCUT2D eigenvalue weighted by atomic mass is 9.99. The van der Waals surface area contributed by atoms with Gasteiger partial charge < -0.3 is 4.57 Å². The highest BCUT2D eigenvalue weighted by atomic mass is 19.4. The van der Waals surface area contributed by atoms with E-state index in [4.69, 9.17) is 0 Å². The van der Waals surface area contributed by atoms with Crippen molar-refractivity contribution in [3.63, 3.8) is 0 Å². The highest BCUT2D eigenvalue weighted by molar-refractivity contribution is 5.11. The van der Waals surface area contributed by atoms with Crippen molar-refractivity contribution < 1.29 is 13.2 Å². The van der Waals surface area contributed by atoms with Gasteiger partial charge in [0, 0.05) is 38.9 Å². The molecule has 0 aliphatic carbocycles. The van der Waals surface area contributed by atoms with E-state index in [1.165, 1.54) is 10.6 Å². The van der Waals surface area contributed by atoms with Crippen LogP contribution in [0.5, 0.6) is 0 Å². The monoisotopic (exact) mass is 246 g/mol. The molecule has 2 heterocycles. The van der Waals surface area contributed by atoms with Crippen LogP contribution in [0.3, 0.4) is 0 Å². The lowest BCUT2D eigenvalue weighted by molar-refractivity contribution is -0.210. The largest absolute Gasteiger partial charge is 0.394 e. The third-order valence-electron chi connectivity index (χ3n) is 2.99. The van der Waals surface area contributed by atoms with Crippen molar-refractivity contribution in [1.29, 1.82) is 0 Å². The minimum Gasteiger partial charge on any atom is -0.319 e. The molecule has 6 heteroatoms. The third-order valence-corrected chi connectivity index (χ3v) is 2.99. The second-order valence-electron chi connectivity index (χ2n) is 4.42. The molecule has 94 valence electrons. The van der Waals surface area contributed by atoms with Gasteiger partial charge in [-0.15, -0.1) is 0 Å². The van der Waals surface area contributed by atoms with Crippen molar-refractivity contribution in [2.75, 3.05) is 13.1 Å². The number of hydrogen-bond acceptors (Lipinski definition) is 2. The number of halogens is 3. The van der Waals surface area contributed by atoms with Crippen molar-refractivity contribution in [2.45, 2.75) is 12.7 Å². The maximum Gasteiger partial charge on any atom is 0.394 e. The minimum atomic E-state index is -4.09. The normalized spacial score (nSPS) is 18.1. The molecule has 0 aromatic carbocycles. The van der Waals surface area contributed by atoms with E-state index in [-0.39, 0.29) is 18.6 Å². The van der Waals surface area contributed by atoms with Crippen LogP contribution < -0.4 is 5.56 Å². The Bertz CT molecular complexity index is 461. The van der Waals surface area contributed by atoms with Gasteiger partial charge in [-0.1, -0.05) is 0 Å². The average Bonchev–Trinajstić information content (AvgIpc) is 2.14. The van der Waals surface area contributed by atoms with Crippen LogP contribution in [0.25, 0.3) is 0 Å². The van der Waals surface area contributed by atoms with Gasteiger partial charge >= 0.3 is 6.18 Å². The van der Waals surface area contributed by atoms with E-state index < -0.39 is 12.1 Å². The number of nitrogens with zero attached hydrogens (tertiary/aromatic N) is 2. The second kappa shape index (κ2) is 4.18. The maximum absolute atomic E-state index is 12.2. The quantitative estimate of drug-likeness (QED) is 0.787. The first-order chi connectivity index (χ1) is 7.86. The van der Waals surface area contributed by atoms with Crippen LogP contribution >= 0.6 is 0 Å². The molecule has 0 N–H and O–H groups in total. The summed E-state index contributed by atoms with van der Waals surface area (Å²) in [5, 5.41) is 0. The number of hydrogen-bond donors (Lipinski definition) is 0. The summed E-state index contributed by atoms with van der Waals surface area (Å²) in [7, 11) is 1.63. The second-order valence-corrected chi connectivity index (χ2v) is 4.42. The molecule has 1 fully saturated rings. The topological polar surface area (TPSA) is 25.2 Å². The number of aryl methyl sites for hydroxylation is 1. The molecule has 0 amide bonds. The summed E-state index contributed by atoms with van der Waals surface area (Å²) in [6.45, 7) is 0.458. The number of pyridine rings is 1. The molecule has 1 aliphatic heterocycles. The Balaban J connectivity index is 1.92. The van der Waals surface area contributed by atoms with Gasteiger partial charge in [-0.05, 0) is 11.6 Å². The number of alkyl halides is 3. The predicted molar refractivity (Wildman–Crippen MR) is 56.5 cm³/mol. The van der Waals surface area contributed by atoms with Gasteiger partial charge in [0.25, 0.3) is 5.56 Å². The van der Waals surface area contributed by atoms with E-state index in [0.29, 0.717) is 6.54 Å². The van der Waals surface area contributed by atoms with Crippen molar-refractivity contribution in [1.82, 2.24) is 9.47 Å². The van der Waals surface area contributed by atoms with E-state index in [0.717, 1.165) is 5.56 Å². The molecule has 0 spiro atoms. The van der Waals surface area contributed by atoms with E-state index in [1.807, 2.05) is 0 Å². The smallest absolute Gasteiger partial charge is 0.319 e. The molecule has 0 radical (unpaired) electrons. The van der Waals surface area contributed by atoms with E-state index in [2.05, 4.69) is 0 Å². The highest BCUT2D eigenvalue weighted by Gasteiger charge is 2.46. The fourth-order valence-electron chi connectivity index (χ4n) is 1.85. The molecule has 0 atom stereocenters. The van der Waals surface area contributed by atoms with Crippen LogP contribution in [0, 0.1) is 5.92 Å². The van der Waals surface area contributed by atoms with E-state index in [9.17, 15) is 18.0 Å². The predicted octanol–water partition coefficient (Wildman–Crippen LogP) is 1.38. The van der Waals surface area contributed by atoms with Crippen LogP contribution in [0.15, 0.2) is 23.1 Å². The molecule has 2 rings (SSSR count). The zero-order valence-corrected chi connectivity index (χ0v) is 9.37. The van der Waals surface area contributed by atoms with E-state index >= 15 is 0 Å². The van der Waals surface area contributed by atoms with Gasteiger partial charge in [0.2, 0.25) is 0 Å². The first kappa shape index (κ1) is 12.2. The Labute approximate surface area is 96.5 Å². The molecule has 0 bridgehead atoms. The van der Waals surface area contributed by atoms with Gasteiger partial charge in [-0.3, -0.25) is 9.69 Å². The molecule has 0 saturated carbocycles. The first-order valence-electron chi connectivity index (χ1n) is 5.31. The zero-order chi connectivity index (χ0) is 12.6. The summed E-state index contributed by atoms with van der Waals surface area (Å²) in [5.41, 5.74) is 0.615. The Kier molecular flexibility index (Phi) is 2.99. The van der Waals surface area contributed by atoms with Crippen molar-refractivity contribution in [3.8, 4) is 0 Å². The summed E-state index contributed by atoms with van der Waals surface area (Å²) in [5.74, 6) is -1.21. The Morgan fingerprint density at radius 3 is 2.59 bits per heavy atom.